The molecule has 2 aromatic heterocycles. The van der Waals surface area contributed by atoms with Crippen molar-refractivity contribution in [3.63, 3.8) is 0 Å². The quantitative estimate of drug-likeness (QED) is 0.854. The molecule has 0 saturated carbocycles. The van der Waals surface area contributed by atoms with Crippen LogP contribution in [0, 0.1) is 11.7 Å². The largest absolute Gasteiger partial charge is 0.317 e. The zero-order valence-corrected chi connectivity index (χ0v) is 9.56. The molecular formula is C12H15FN4. The number of nitrogens with zero attached hydrogens (tertiary/aromatic N) is 3. The Hall–Kier alpha value is -1.49. The fourth-order valence-corrected chi connectivity index (χ4v) is 2.41. The molecule has 3 heterocycles. The van der Waals surface area contributed by atoms with Crippen molar-refractivity contribution in [2.24, 2.45) is 5.92 Å². The first-order chi connectivity index (χ1) is 8.34. The van der Waals surface area contributed by atoms with Crippen molar-refractivity contribution in [3.05, 3.63) is 30.0 Å². The molecule has 17 heavy (non-hydrogen) atoms. The minimum Gasteiger partial charge on any atom is -0.317 e. The topological polar surface area (TPSA) is 42.2 Å². The van der Waals surface area contributed by atoms with Crippen LogP contribution in [0.3, 0.4) is 0 Å². The number of rotatable bonds is 2. The number of nitrogens with one attached hydrogen (secondary N) is 1. The second-order valence-electron chi connectivity index (χ2n) is 4.56. The van der Waals surface area contributed by atoms with Crippen LogP contribution in [0.1, 0.15) is 18.7 Å². The van der Waals surface area contributed by atoms with Crippen molar-refractivity contribution >= 4 is 5.65 Å². The summed E-state index contributed by atoms with van der Waals surface area (Å²) in [6.07, 6.45) is 5.02. The molecule has 0 amide bonds. The first-order valence-corrected chi connectivity index (χ1v) is 6.03. The molecule has 0 radical (unpaired) electrons. The van der Waals surface area contributed by atoms with Crippen molar-refractivity contribution < 1.29 is 4.39 Å². The Morgan fingerprint density at radius 2 is 2.18 bits per heavy atom. The Morgan fingerprint density at radius 1 is 1.35 bits per heavy atom. The van der Waals surface area contributed by atoms with Crippen LogP contribution in [0.2, 0.25) is 0 Å². The molecule has 0 unspecified atom stereocenters. The summed E-state index contributed by atoms with van der Waals surface area (Å²) in [5.74, 6) is 1.19. The first kappa shape index (κ1) is 10.7. The third-order valence-electron chi connectivity index (χ3n) is 3.39. The van der Waals surface area contributed by atoms with E-state index < -0.39 is 0 Å². The first-order valence-electron chi connectivity index (χ1n) is 6.03. The van der Waals surface area contributed by atoms with E-state index in [2.05, 4.69) is 15.5 Å². The van der Waals surface area contributed by atoms with Crippen LogP contribution in [0.15, 0.2) is 18.3 Å². The van der Waals surface area contributed by atoms with Gasteiger partial charge in [0.15, 0.2) is 11.5 Å². The van der Waals surface area contributed by atoms with Crippen molar-refractivity contribution in [1.82, 2.24) is 19.9 Å². The van der Waals surface area contributed by atoms with E-state index in [9.17, 15) is 4.39 Å². The van der Waals surface area contributed by atoms with E-state index in [4.69, 9.17) is 0 Å². The van der Waals surface area contributed by atoms with Crippen LogP contribution < -0.4 is 5.32 Å². The molecule has 1 N–H and O–H groups in total. The Morgan fingerprint density at radius 3 is 3.00 bits per heavy atom. The van der Waals surface area contributed by atoms with E-state index in [1.165, 1.54) is 6.07 Å². The Kier molecular flexibility index (Phi) is 2.76. The van der Waals surface area contributed by atoms with Crippen molar-refractivity contribution in [2.75, 3.05) is 13.1 Å². The maximum atomic E-state index is 13.4. The molecule has 5 heteroatoms. The molecule has 1 saturated heterocycles. The van der Waals surface area contributed by atoms with Gasteiger partial charge in [-0.05, 0) is 44.0 Å². The van der Waals surface area contributed by atoms with Gasteiger partial charge in [0.1, 0.15) is 5.82 Å². The lowest BCUT2D eigenvalue weighted by Crippen LogP contribution is -2.29. The highest BCUT2D eigenvalue weighted by molar-refractivity contribution is 5.39. The summed E-state index contributed by atoms with van der Waals surface area (Å²) < 4.78 is 15.2. The molecule has 0 aliphatic carbocycles. The normalized spacial score (nSPS) is 17.7. The van der Waals surface area contributed by atoms with Gasteiger partial charge in [0, 0.05) is 12.6 Å². The lowest BCUT2D eigenvalue weighted by molar-refractivity contribution is 0.366. The average Bonchev–Trinajstić information content (AvgIpc) is 2.76. The fourth-order valence-electron chi connectivity index (χ4n) is 2.41. The van der Waals surface area contributed by atoms with Gasteiger partial charge in [-0.25, -0.2) is 4.39 Å². The summed E-state index contributed by atoms with van der Waals surface area (Å²) in [5.41, 5.74) is 0.330. The molecule has 2 aromatic rings. The highest BCUT2D eigenvalue weighted by Gasteiger charge is 2.17. The second kappa shape index (κ2) is 4.41. The molecule has 3 rings (SSSR count). The van der Waals surface area contributed by atoms with Gasteiger partial charge in [-0.2, -0.15) is 0 Å². The molecule has 0 aromatic carbocycles. The lowest BCUT2D eigenvalue weighted by atomic mass is 9.94. The molecule has 4 nitrogen and oxygen atoms in total. The smallest absolute Gasteiger partial charge is 0.196 e. The molecule has 90 valence electrons. The van der Waals surface area contributed by atoms with Crippen LogP contribution >= 0.6 is 0 Å². The third-order valence-corrected chi connectivity index (χ3v) is 3.39. The van der Waals surface area contributed by atoms with E-state index >= 15 is 0 Å². The van der Waals surface area contributed by atoms with Gasteiger partial charge in [0.05, 0.1) is 0 Å². The Labute approximate surface area is 98.9 Å². The zero-order valence-electron chi connectivity index (χ0n) is 9.56. The monoisotopic (exact) mass is 234 g/mol. The predicted octanol–water partition coefficient (Wildman–Crippen LogP) is 1.41. The summed E-state index contributed by atoms with van der Waals surface area (Å²) in [6, 6.07) is 3.11. The molecule has 1 aliphatic heterocycles. The number of halogens is 1. The van der Waals surface area contributed by atoms with Crippen LogP contribution in [0.25, 0.3) is 5.65 Å². The second-order valence-corrected chi connectivity index (χ2v) is 4.56. The number of fused-ring (bicyclic) bond motifs is 1. The summed E-state index contributed by atoms with van der Waals surface area (Å²) in [5, 5.41) is 11.3. The minimum atomic E-state index is -0.309. The predicted molar refractivity (Wildman–Crippen MR) is 62.2 cm³/mol. The molecule has 1 aliphatic rings. The van der Waals surface area contributed by atoms with E-state index in [0.29, 0.717) is 11.6 Å². The van der Waals surface area contributed by atoms with Gasteiger partial charge in [-0.1, -0.05) is 0 Å². The average molecular weight is 234 g/mol. The van der Waals surface area contributed by atoms with Gasteiger partial charge < -0.3 is 5.32 Å². The Bertz CT molecular complexity index is 516. The SMILES string of the molecule is Fc1cccn2c(CC3CCNCC3)nnc12. The maximum absolute atomic E-state index is 13.4. The van der Waals surface area contributed by atoms with Crippen LogP contribution in [0.4, 0.5) is 4.39 Å². The standard InChI is InChI=1S/C12H15FN4/c13-10-2-1-7-17-11(15-16-12(10)17)8-9-3-5-14-6-4-9/h1-2,7,9,14H,3-6,8H2. The maximum Gasteiger partial charge on any atom is 0.196 e. The number of hydrogen-bond acceptors (Lipinski definition) is 3. The molecule has 1 fully saturated rings. The van der Waals surface area contributed by atoms with Crippen molar-refractivity contribution in [3.8, 4) is 0 Å². The van der Waals surface area contributed by atoms with E-state index in [1.54, 1.807) is 10.5 Å². The van der Waals surface area contributed by atoms with E-state index in [0.717, 1.165) is 38.2 Å². The molecule has 0 spiro atoms. The number of aromatic nitrogens is 3. The number of pyridine rings is 1. The minimum absolute atomic E-state index is 0.309. The zero-order chi connectivity index (χ0) is 11.7. The lowest BCUT2D eigenvalue weighted by Gasteiger charge is -2.21. The highest BCUT2D eigenvalue weighted by atomic mass is 19.1. The third kappa shape index (κ3) is 2.02. The Balaban J connectivity index is 1.87. The summed E-state index contributed by atoms with van der Waals surface area (Å²) in [7, 11) is 0. The van der Waals surface area contributed by atoms with E-state index in [-0.39, 0.29) is 5.82 Å². The summed E-state index contributed by atoms with van der Waals surface area (Å²) in [6.45, 7) is 2.13. The van der Waals surface area contributed by atoms with Crippen LogP contribution in [-0.4, -0.2) is 27.7 Å². The fraction of sp³-hybridized carbons (Fsp3) is 0.500. The van der Waals surface area contributed by atoms with Crippen LogP contribution in [-0.2, 0) is 6.42 Å². The summed E-state index contributed by atoms with van der Waals surface area (Å²) in [4.78, 5) is 0. The van der Waals surface area contributed by atoms with Gasteiger partial charge in [-0.15, -0.1) is 10.2 Å². The molecule has 0 atom stereocenters. The summed E-state index contributed by atoms with van der Waals surface area (Å²) >= 11 is 0. The van der Waals surface area contributed by atoms with Crippen molar-refractivity contribution in [1.29, 1.82) is 0 Å². The van der Waals surface area contributed by atoms with Gasteiger partial charge in [0.25, 0.3) is 0 Å². The number of hydrogen-bond donors (Lipinski definition) is 1. The number of piperidine rings is 1. The highest BCUT2D eigenvalue weighted by Crippen LogP contribution is 2.18. The molecule has 0 bridgehead atoms. The van der Waals surface area contributed by atoms with Gasteiger partial charge >= 0.3 is 0 Å². The van der Waals surface area contributed by atoms with Crippen LogP contribution in [0.5, 0.6) is 0 Å². The van der Waals surface area contributed by atoms with E-state index in [1.807, 2.05) is 6.20 Å². The molecular weight excluding hydrogens is 219 g/mol. The van der Waals surface area contributed by atoms with Gasteiger partial charge in [0.2, 0.25) is 0 Å². The van der Waals surface area contributed by atoms with Gasteiger partial charge in [-0.3, -0.25) is 4.40 Å². The van der Waals surface area contributed by atoms with Crippen molar-refractivity contribution in [2.45, 2.75) is 19.3 Å².